The van der Waals surface area contributed by atoms with Crippen LogP contribution in [0.1, 0.15) is 48.9 Å². The summed E-state index contributed by atoms with van der Waals surface area (Å²) in [6, 6.07) is 3.78. The van der Waals surface area contributed by atoms with Crippen LogP contribution >= 0.6 is 0 Å². The molecule has 0 spiro atoms. The summed E-state index contributed by atoms with van der Waals surface area (Å²) in [5, 5.41) is 10.1. The lowest BCUT2D eigenvalue weighted by Gasteiger charge is -2.25. The first-order valence-corrected chi connectivity index (χ1v) is 9.63. The first-order valence-electron chi connectivity index (χ1n) is 9.63. The molecule has 1 aliphatic heterocycles. The lowest BCUT2D eigenvalue weighted by molar-refractivity contribution is 0.487. The normalized spacial score (nSPS) is 20.9. The number of nitrogens with two attached hydrogens (primary N) is 1. The number of rotatable bonds is 3. The van der Waals surface area contributed by atoms with Crippen LogP contribution in [0.4, 0.5) is 10.1 Å². The number of nitrogens with zero attached hydrogens (tertiary/aromatic N) is 3. The van der Waals surface area contributed by atoms with Crippen molar-refractivity contribution in [3.63, 3.8) is 0 Å². The Morgan fingerprint density at radius 1 is 1.30 bits per heavy atom. The van der Waals surface area contributed by atoms with Gasteiger partial charge in [0.1, 0.15) is 11.9 Å². The van der Waals surface area contributed by atoms with Gasteiger partial charge in [-0.2, -0.15) is 5.26 Å². The summed E-state index contributed by atoms with van der Waals surface area (Å²) in [5.74, 6) is 0.0000274. The van der Waals surface area contributed by atoms with Gasteiger partial charge in [-0.15, -0.1) is 0 Å². The first kappa shape index (κ1) is 18.0. The molecule has 0 unspecified atom stereocenters. The minimum atomic E-state index is -0.331. The number of aryl methyl sites for hydroxylation is 1. The minimum absolute atomic E-state index is 0.0660. The molecule has 1 saturated heterocycles. The molecule has 2 heterocycles. The van der Waals surface area contributed by atoms with Crippen molar-refractivity contribution in [2.24, 2.45) is 11.7 Å². The zero-order chi connectivity index (χ0) is 19.5. The third kappa shape index (κ3) is 2.72. The van der Waals surface area contributed by atoms with Crippen molar-refractivity contribution in [1.29, 1.82) is 5.26 Å². The summed E-state index contributed by atoms with van der Waals surface area (Å²) >= 11 is 0. The van der Waals surface area contributed by atoms with Gasteiger partial charge in [0.15, 0.2) is 0 Å². The summed E-state index contributed by atoms with van der Waals surface area (Å²) in [7, 11) is 0. The molecule has 1 aromatic heterocycles. The van der Waals surface area contributed by atoms with Crippen LogP contribution in [0.15, 0.2) is 10.9 Å². The summed E-state index contributed by atoms with van der Waals surface area (Å²) in [6.07, 6.45) is 2.83. The fourth-order valence-corrected chi connectivity index (χ4v) is 4.48. The molecule has 0 amide bonds. The first-order chi connectivity index (χ1) is 12.8. The van der Waals surface area contributed by atoms with Crippen LogP contribution in [0.3, 0.4) is 0 Å². The second-order valence-corrected chi connectivity index (χ2v) is 8.10. The smallest absolute Gasteiger partial charge is 0.255 e. The third-order valence-electron chi connectivity index (χ3n) is 6.20. The monoisotopic (exact) mass is 368 g/mol. The van der Waals surface area contributed by atoms with Gasteiger partial charge in [-0.25, -0.2) is 4.39 Å². The van der Waals surface area contributed by atoms with E-state index in [1.165, 1.54) is 6.07 Å². The molecule has 2 atom stereocenters. The Morgan fingerprint density at radius 2 is 2.00 bits per heavy atom. The molecule has 2 fully saturated rings. The number of fused-ring (bicyclic) bond motifs is 1. The van der Waals surface area contributed by atoms with Crippen molar-refractivity contribution < 1.29 is 4.39 Å². The van der Waals surface area contributed by atoms with Crippen molar-refractivity contribution in [3.8, 4) is 6.07 Å². The molecule has 2 N–H and O–H groups in total. The summed E-state index contributed by atoms with van der Waals surface area (Å²) in [5.41, 5.74) is 8.62. The molecular formula is C21H25FN4O. The number of hydrogen-bond donors (Lipinski definition) is 1. The number of nitriles is 1. The van der Waals surface area contributed by atoms with Gasteiger partial charge in [0.05, 0.1) is 16.8 Å². The number of pyridine rings is 1. The van der Waals surface area contributed by atoms with Gasteiger partial charge < -0.3 is 15.2 Å². The summed E-state index contributed by atoms with van der Waals surface area (Å²) in [6.45, 7) is 6.99. The molecule has 27 heavy (non-hydrogen) atoms. The Bertz CT molecular complexity index is 1030. The average Bonchev–Trinajstić information content (AvgIpc) is 3.33. The predicted octanol–water partition coefficient (Wildman–Crippen LogP) is 3.14. The van der Waals surface area contributed by atoms with E-state index in [2.05, 4.69) is 6.07 Å². The largest absolute Gasteiger partial charge is 0.369 e. The number of anilines is 1. The van der Waals surface area contributed by atoms with E-state index in [9.17, 15) is 10.1 Å². The zero-order valence-electron chi connectivity index (χ0n) is 16.1. The van der Waals surface area contributed by atoms with E-state index in [-0.39, 0.29) is 29.0 Å². The molecule has 2 aromatic rings. The highest BCUT2D eigenvalue weighted by Gasteiger charge is 2.32. The predicted molar refractivity (Wildman–Crippen MR) is 105 cm³/mol. The Labute approximate surface area is 158 Å². The van der Waals surface area contributed by atoms with Gasteiger partial charge in [0.2, 0.25) is 0 Å². The van der Waals surface area contributed by atoms with Crippen LogP contribution in [0, 0.1) is 36.9 Å². The number of halogens is 1. The number of benzene rings is 1. The molecule has 6 heteroatoms. The summed E-state index contributed by atoms with van der Waals surface area (Å²) in [4.78, 5) is 15.0. The summed E-state index contributed by atoms with van der Waals surface area (Å²) < 4.78 is 17.0. The van der Waals surface area contributed by atoms with E-state index >= 15 is 4.39 Å². The maximum Gasteiger partial charge on any atom is 0.255 e. The van der Waals surface area contributed by atoms with Crippen LogP contribution in [0.5, 0.6) is 0 Å². The van der Waals surface area contributed by atoms with Crippen LogP contribution in [-0.4, -0.2) is 23.7 Å². The van der Waals surface area contributed by atoms with Crippen LogP contribution in [-0.2, 0) is 0 Å². The molecule has 142 valence electrons. The Balaban J connectivity index is 1.99. The highest BCUT2D eigenvalue weighted by Crippen LogP contribution is 2.41. The Kier molecular flexibility index (Phi) is 4.23. The lowest BCUT2D eigenvalue weighted by atomic mass is 9.99. The molecule has 1 aromatic carbocycles. The van der Waals surface area contributed by atoms with Crippen LogP contribution in [0.25, 0.3) is 10.9 Å². The van der Waals surface area contributed by atoms with Crippen molar-refractivity contribution >= 4 is 16.6 Å². The van der Waals surface area contributed by atoms with Gasteiger partial charge in [0.25, 0.3) is 5.56 Å². The molecule has 1 aliphatic carbocycles. The van der Waals surface area contributed by atoms with E-state index in [1.54, 1.807) is 11.5 Å². The number of hydrogen-bond acceptors (Lipinski definition) is 4. The fourth-order valence-electron chi connectivity index (χ4n) is 4.48. The SMILES string of the molecule is Cc1c(C#N)c2cc(F)c(N3CC[C@@H]([C@H](C)N)C3)c(C)c2n(C2CC2)c1=O. The highest BCUT2D eigenvalue weighted by molar-refractivity contribution is 5.92. The van der Waals surface area contributed by atoms with Crippen LogP contribution in [0.2, 0.25) is 0 Å². The van der Waals surface area contributed by atoms with Crippen molar-refractivity contribution in [2.45, 2.75) is 52.1 Å². The van der Waals surface area contributed by atoms with Crippen molar-refractivity contribution in [2.75, 3.05) is 18.0 Å². The Hall–Kier alpha value is -2.39. The van der Waals surface area contributed by atoms with Crippen LogP contribution < -0.4 is 16.2 Å². The zero-order valence-corrected chi connectivity index (χ0v) is 16.1. The molecule has 0 bridgehead atoms. The van der Waals surface area contributed by atoms with Gasteiger partial charge in [-0.05, 0) is 57.6 Å². The van der Waals surface area contributed by atoms with E-state index < -0.39 is 0 Å². The molecule has 2 aliphatic rings. The van der Waals surface area contributed by atoms with Gasteiger partial charge in [-0.1, -0.05) is 0 Å². The van der Waals surface area contributed by atoms with E-state index in [4.69, 9.17) is 5.73 Å². The highest BCUT2D eigenvalue weighted by atomic mass is 19.1. The van der Waals surface area contributed by atoms with E-state index in [1.807, 2.05) is 18.7 Å². The quantitative estimate of drug-likeness (QED) is 0.903. The topological polar surface area (TPSA) is 75.0 Å². The van der Waals surface area contributed by atoms with Crippen molar-refractivity contribution in [1.82, 2.24) is 4.57 Å². The molecule has 4 rings (SSSR count). The fraction of sp³-hybridized carbons (Fsp3) is 0.524. The van der Waals surface area contributed by atoms with Gasteiger partial charge >= 0.3 is 0 Å². The van der Waals surface area contributed by atoms with E-state index in [0.717, 1.165) is 31.4 Å². The molecular weight excluding hydrogens is 343 g/mol. The molecule has 0 radical (unpaired) electrons. The second-order valence-electron chi connectivity index (χ2n) is 8.10. The van der Waals surface area contributed by atoms with Gasteiger partial charge in [0, 0.05) is 36.1 Å². The van der Waals surface area contributed by atoms with Crippen molar-refractivity contribution in [3.05, 3.63) is 38.9 Å². The maximum atomic E-state index is 15.2. The number of aromatic nitrogens is 1. The van der Waals surface area contributed by atoms with Gasteiger partial charge in [-0.3, -0.25) is 4.79 Å². The lowest BCUT2D eigenvalue weighted by Crippen LogP contribution is -2.30. The average molecular weight is 368 g/mol. The minimum Gasteiger partial charge on any atom is -0.369 e. The second kappa shape index (κ2) is 6.35. The van der Waals surface area contributed by atoms with E-state index in [0.29, 0.717) is 34.6 Å². The third-order valence-corrected chi connectivity index (χ3v) is 6.20. The molecule has 5 nitrogen and oxygen atoms in total. The maximum absolute atomic E-state index is 15.2. The molecule has 1 saturated carbocycles. The standard InChI is InChI=1S/C21H25FN4O/c1-11-17(9-23)16-8-18(22)20(25-7-6-14(10-25)13(3)24)12(2)19(16)26(21(11)27)15-4-5-15/h8,13-15H,4-7,10,24H2,1-3H3/t13-,14+/m0/s1. The Morgan fingerprint density at radius 3 is 2.56 bits per heavy atom.